The SMILES string of the molecule is COc1cc(/C=C(\C#N)c2ccccc2)ccc1OC(=O)c1ccc(Cl)cc1Cl. The number of ether oxygens (including phenoxy) is 2. The second kappa shape index (κ2) is 9.29. The van der Waals surface area contributed by atoms with E-state index < -0.39 is 5.97 Å². The zero-order chi connectivity index (χ0) is 20.8. The predicted molar refractivity (Wildman–Crippen MR) is 114 cm³/mol. The van der Waals surface area contributed by atoms with Gasteiger partial charge in [0.2, 0.25) is 0 Å². The molecule has 4 nitrogen and oxygen atoms in total. The molecule has 0 N–H and O–H groups in total. The summed E-state index contributed by atoms with van der Waals surface area (Å²) in [4.78, 5) is 12.4. The van der Waals surface area contributed by atoms with Crippen molar-refractivity contribution >= 4 is 40.8 Å². The van der Waals surface area contributed by atoms with E-state index in [9.17, 15) is 10.1 Å². The number of carbonyl (C=O) groups excluding carboxylic acids is 1. The van der Waals surface area contributed by atoms with E-state index in [4.69, 9.17) is 32.7 Å². The molecular formula is C23H15Cl2NO3. The average molecular weight is 424 g/mol. The molecule has 0 aliphatic heterocycles. The Balaban J connectivity index is 1.88. The fourth-order valence-corrected chi connectivity index (χ4v) is 3.12. The van der Waals surface area contributed by atoms with Crippen molar-refractivity contribution in [3.05, 3.63) is 93.5 Å². The van der Waals surface area contributed by atoms with Crippen LogP contribution in [0.15, 0.2) is 66.7 Å². The Hall–Kier alpha value is -3.26. The number of hydrogen-bond acceptors (Lipinski definition) is 4. The second-order valence-electron chi connectivity index (χ2n) is 5.96. The van der Waals surface area contributed by atoms with Crippen LogP contribution in [-0.4, -0.2) is 13.1 Å². The van der Waals surface area contributed by atoms with Crippen LogP contribution in [0.2, 0.25) is 10.0 Å². The number of rotatable bonds is 5. The van der Waals surface area contributed by atoms with Crippen LogP contribution in [0, 0.1) is 11.3 Å². The molecule has 0 heterocycles. The van der Waals surface area contributed by atoms with Crippen molar-refractivity contribution in [1.29, 1.82) is 5.26 Å². The van der Waals surface area contributed by atoms with Crippen LogP contribution in [0.5, 0.6) is 11.5 Å². The highest BCUT2D eigenvalue weighted by Gasteiger charge is 2.16. The summed E-state index contributed by atoms with van der Waals surface area (Å²) in [5.41, 5.74) is 2.23. The quantitative estimate of drug-likeness (QED) is 0.209. The van der Waals surface area contributed by atoms with Gasteiger partial charge in [0, 0.05) is 5.02 Å². The zero-order valence-electron chi connectivity index (χ0n) is 15.4. The van der Waals surface area contributed by atoms with Gasteiger partial charge in [-0.3, -0.25) is 0 Å². The Morgan fingerprint density at radius 2 is 1.76 bits per heavy atom. The van der Waals surface area contributed by atoms with Crippen molar-refractivity contribution in [1.82, 2.24) is 0 Å². The van der Waals surface area contributed by atoms with Gasteiger partial charge in [0.15, 0.2) is 11.5 Å². The standard InChI is InChI=1S/C23H15Cl2NO3/c1-28-22-12-15(11-17(14-26)16-5-3-2-4-6-16)7-10-21(22)29-23(27)19-9-8-18(24)13-20(19)25/h2-13H,1H3/b17-11+. The van der Waals surface area contributed by atoms with Crippen LogP contribution in [0.25, 0.3) is 11.6 Å². The topological polar surface area (TPSA) is 59.3 Å². The van der Waals surface area contributed by atoms with Gasteiger partial charge in [-0.05, 0) is 47.5 Å². The minimum atomic E-state index is -0.629. The van der Waals surface area contributed by atoms with Gasteiger partial charge in [-0.25, -0.2) is 4.79 Å². The molecule has 0 saturated heterocycles. The Bertz CT molecular complexity index is 1120. The van der Waals surface area contributed by atoms with Crippen molar-refractivity contribution in [2.45, 2.75) is 0 Å². The van der Waals surface area contributed by atoms with E-state index in [0.717, 1.165) is 11.1 Å². The van der Waals surface area contributed by atoms with Crippen LogP contribution in [-0.2, 0) is 0 Å². The number of nitrogens with zero attached hydrogens (tertiary/aromatic N) is 1. The van der Waals surface area contributed by atoms with Gasteiger partial charge in [-0.15, -0.1) is 0 Å². The number of nitriles is 1. The highest BCUT2D eigenvalue weighted by atomic mass is 35.5. The highest BCUT2D eigenvalue weighted by Crippen LogP contribution is 2.31. The summed E-state index contributed by atoms with van der Waals surface area (Å²) in [6.07, 6.45) is 1.74. The first-order chi connectivity index (χ1) is 14.0. The highest BCUT2D eigenvalue weighted by molar-refractivity contribution is 6.36. The molecule has 0 amide bonds. The van der Waals surface area contributed by atoms with Crippen LogP contribution in [0.3, 0.4) is 0 Å². The number of methoxy groups -OCH3 is 1. The fourth-order valence-electron chi connectivity index (χ4n) is 2.63. The Labute approximate surface area is 178 Å². The van der Waals surface area contributed by atoms with Gasteiger partial charge in [-0.2, -0.15) is 5.26 Å². The molecule has 0 unspecified atom stereocenters. The van der Waals surface area contributed by atoms with Gasteiger partial charge in [0.1, 0.15) is 0 Å². The largest absolute Gasteiger partial charge is 0.493 e. The maximum absolute atomic E-state index is 12.4. The minimum Gasteiger partial charge on any atom is -0.493 e. The molecule has 0 fully saturated rings. The predicted octanol–water partition coefficient (Wildman–Crippen LogP) is 6.29. The summed E-state index contributed by atoms with van der Waals surface area (Å²) < 4.78 is 10.8. The lowest BCUT2D eigenvalue weighted by Gasteiger charge is -2.11. The van der Waals surface area contributed by atoms with Crippen molar-refractivity contribution in [3.63, 3.8) is 0 Å². The Morgan fingerprint density at radius 3 is 2.41 bits per heavy atom. The molecule has 0 aromatic heterocycles. The molecule has 6 heteroatoms. The monoisotopic (exact) mass is 423 g/mol. The van der Waals surface area contributed by atoms with Crippen LogP contribution < -0.4 is 9.47 Å². The van der Waals surface area contributed by atoms with E-state index in [1.165, 1.54) is 19.2 Å². The summed E-state index contributed by atoms with van der Waals surface area (Å²) in [5.74, 6) is -0.0447. The van der Waals surface area contributed by atoms with Gasteiger partial charge in [-0.1, -0.05) is 59.6 Å². The summed E-state index contributed by atoms with van der Waals surface area (Å²) in [6.45, 7) is 0. The smallest absolute Gasteiger partial charge is 0.345 e. The first kappa shape index (κ1) is 20.5. The van der Waals surface area contributed by atoms with Crippen molar-refractivity contribution in [3.8, 4) is 17.6 Å². The van der Waals surface area contributed by atoms with E-state index in [0.29, 0.717) is 16.3 Å². The molecule has 0 spiro atoms. The number of esters is 1. The van der Waals surface area contributed by atoms with Crippen molar-refractivity contribution < 1.29 is 14.3 Å². The molecule has 29 heavy (non-hydrogen) atoms. The summed E-state index contributed by atoms with van der Waals surface area (Å²) in [7, 11) is 1.47. The molecule has 144 valence electrons. The Kier molecular flexibility index (Phi) is 6.56. The number of hydrogen-bond donors (Lipinski definition) is 0. The number of carbonyl (C=O) groups is 1. The summed E-state index contributed by atoms with van der Waals surface area (Å²) >= 11 is 11.9. The molecule has 0 aliphatic carbocycles. The third-order valence-electron chi connectivity index (χ3n) is 4.06. The normalized spacial score (nSPS) is 10.9. The third kappa shape index (κ3) is 4.97. The lowest BCUT2D eigenvalue weighted by molar-refractivity contribution is 0.0730. The van der Waals surface area contributed by atoms with Gasteiger partial charge >= 0.3 is 5.97 Å². The molecular weight excluding hydrogens is 409 g/mol. The van der Waals surface area contributed by atoms with Crippen molar-refractivity contribution in [2.75, 3.05) is 7.11 Å². The molecule has 0 aliphatic rings. The fraction of sp³-hybridized carbons (Fsp3) is 0.0435. The molecule has 3 rings (SSSR count). The first-order valence-electron chi connectivity index (χ1n) is 8.54. The zero-order valence-corrected chi connectivity index (χ0v) is 16.9. The minimum absolute atomic E-state index is 0.193. The molecule has 0 radical (unpaired) electrons. The second-order valence-corrected chi connectivity index (χ2v) is 6.80. The lowest BCUT2D eigenvalue weighted by Crippen LogP contribution is -2.10. The lowest BCUT2D eigenvalue weighted by atomic mass is 10.0. The molecule has 3 aromatic carbocycles. The van der Waals surface area contributed by atoms with E-state index in [2.05, 4.69) is 6.07 Å². The van der Waals surface area contributed by atoms with E-state index in [1.54, 1.807) is 30.3 Å². The maximum atomic E-state index is 12.4. The van der Waals surface area contributed by atoms with Crippen LogP contribution in [0.1, 0.15) is 21.5 Å². The summed E-state index contributed by atoms with van der Waals surface area (Å²) in [5, 5.41) is 10.1. The number of benzene rings is 3. The number of halogens is 2. The average Bonchev–Trinajstić information content (AvgIpc) is 2.73. The van der Waals surface area contributed by atoms with Gasteiger partial charge in [0.25, 0.3) is 0 Å². The van der Waals surface area contributed by atoms with Gasteiger partial charge in [0.05, 0.1) is 29.3 Å². The molecule has 0 atom stereocenters. The Morgan fingerprint density at radius 1 is 1.00 bits per heavy atom. The van der Waals surface area contributed by atoms with E-state index >= 15 is 0 Å². The van der Waals surface area contributed by atoms with Crippen LogP contribution in [0.4, 0.5) is 0 Å². The molecule has 0 saturated carbocycles. The third-order valence-corrected chi connectivity index (χ3v) is 4.61. The summed E-state index contributed by atoms with van der Waals surface area (Å²) in [6, 6.07) is 21.1. The maximum Gasteiger partial charge on any atom is 0.345 e. The van der Waals surface area contributed by atoms with Crippen LogP contribution >= 0.6 is 23.2 Å². The first-order valence-corrected chi connectivity index (χ1v) is 9.30. The molecule has 0 bridgehead atoms. The van der Waals surface area contributed by atoms with E-state index in [1.807, 2.05) is 30.3 Å². The van der Waals surface area contributed by atoms with E-state index in [-0.39, 0.29) is 16.3 Å². The molecule has 3 aromatic rings. The number of allylic oxidation sites excluding steroid dienone is 1. The van der Waals surface area contributed by atoms with Gasteiger partial charge < -0.3 is 9.47 Å². The van der Waals surface area contributed by atoms with Crippen molar-refractivity contribution in [2.24, 2.45) is 0 Å².